The summed E-state index contributed by atoms with van der Waals surface area (Å²) in [5, 5.41) is 11.3. The molecule has 1 atom stereocenters. The first-order valence-electron chi connectivity index (χ1n) is 10.8. The third-order valence-corrected chi connectivity index (χ3v) is 5.55. The number of piperazine rings is 1. The van der Waals surface area contributed by atoms with Gasteiger partial charge in [0.05, 0.1) is 17.1 Å². The Bertz CT molecular complexity index is 1130. The van der Waals surface area contributed by atoms with E-state index in [1.807, 2.05) is 6.07 Å². The van der Waals surface area contributed by atoms with Crippen molar-refractivity contribution in [3.63, 3.8) is 0 Å². The predicted molar refractivity (Wildman–Crippen MR) is 118 cm³/mol. The lowest BCUT2D eigenvalue weighted by Crippen LogP contribution is -2.55. The van der Waals surface area contributed by atoms with Gasteiger partial charge in [0.2, 0.25) is 6.10 Å². The fourth-order valence-electron chi connectivity index (χ4n) is 3.83. The fraction of sp³-hybridized carbons (Fsp3) is 0.348. The standard InChI is InChI=1S/C23H23N3O8/c1-2-32-23(29)16-11-15(12-17(13-16)26(30)31)21(27)24-7-9-25(10-8-24)22(28)20-14-33-18-5-3-4-6-19(18)34-20/h3-6,11-13,20H,2,7-10,14H2,1H3. The first-order chi connectivity index (χ1) is 16.4. The zero-order valence-corrected chi connectivity index (χ0v) is 18.5. The van der Waals surface area contributed by atoms with E-state index in [4.69, 9.17) is 14.2 Å². The van der Waals surface area contributed by atoms with Gasteiger partial charge < -0.3 is 24.0 Å². The number of amides is 2. The molecule has 34 heavy (non-hydrogen) atoms. The molecule has 0 spiro atoms. The summed E-state index contributed by atoms with van der Waals surface area (Å²) in [6.07, 6.45) is -0.777. The van der Waals surface area contributed by atoms with Crippen LogP contribution in [0, 0.1) is 10.1 Å². The molecular formula is C23H23N3O8. The van der Waals surface area contributed by atoms with E-state index in [1.165, 1.54) is 11.0 Å². The highest BCUT2D eigenvalue weighted by molar-refractivity contribution is 5.99. The van der Waals surface area contributed by atoms with Gasteiger partial charge in [-0.3, -0.25) is 19.7 Å². The molecule has 2 aliphatic heterocycles. The molecule has 0 aliphatic carbocycles. The molecule has 4 rings (SSSR count). The first kappa shape index (κ1) is 23.0. The maximum absolute atomic E-state index is 13.0. The van der Waals surface area contributed by atoms with Gasteiger partial charge in [0, 0.05) is 43.9 Å². The molecule has 2 heterocycles. The topological polar surface area (TPSA) is 129 Å². The van der Waals surface area contributed by atoms with Crippen LogP contribution < -0.4 is 9.47 Å². The van der Waals surface area contributed by atoms with Gasteiger partial charge in [-0.2, -0.15) is 0 Å². The van der Waals surface area contributed by atoms with Crippen molar-refractivity contribution in [2.45, 2.75) is 13.0 Å². The lowest BCUT2D eigenvalue weighted by atomic mass is 10.1. The molecule has 2 aromatic rings. The van der Waals surface area contributed by atoms with E-state index in [9.17, 15) is 24.5 Å². The second kappa shape index (κ2) is 9.77. The largest absolute Gasteiger partial charge is 0.485 e. The summed E-state index contributed by atoms with van der Waals surface area (Å²) in [6.45, 7) is 2.81. The van der Waals surface area contributed by atoms with E-state index in [2.05, 4.69) is 0 Å². The fourth-order valence-corrected chi connectivity index (χ4v) is 3.83. The molecule has 2 amide bonds. The highest BCUT2D eigenvalue weighted by Crippen LogP contribution is 2.31. The van der Waals surface area contributed by atoms with Crippen molar-refractivity contribution in [2.24, 2.45) is 0 Å². The van der Waals surface area contributed by atoms with Crippen LogP contribution in [0.1, 0.15) is 27.6 Å². The lowest BCUT2D eigenvalue weighted by Gasteiger charge is -2.37. The SMILES string of the molecule is CCOC(=O)c1cc(C(=O)N2CCN(C(=O)C3COc4ccccc4O3)CC2)cc([N+](=O)[O-])c1. The van der Waals surface area contributed by atoms with E-state index in [1.54, 1.807) is 30.0 Å². The summed E-state index contributed by atoms with van der Waals surface area (Å²) in [7, 11) is 0. The third-order valence-electron chi connectivity index (χ3n) is 5.55. The van der Waals surface area contributed by atoms with Crippen molar-refractivity contribution in [3.05, 3.63) is 63.7 Å². The monoisotopic (exact) mass is 469 g/mol. The third kappa shape index (κ3) is 4.77. The number of nitro benzene ring substituents is 1. The number of rotatable bonds is 5. The van der Waals surface area contributed by atoms with Gasteiger partial charge in [0.15, 0.2) is 11.5 Å². The first-order valence-corrected chi connectivity index (χ1v) is 10.8. The second-order valence-electron chi connectivity index (χ2n) is 7.73. The van der Waals surface area contributed by atoms with E-state index >= 15 is 0 Å². The number of nitrogens with zero attached hydrogens (tertiary/aromatic N) is 3. The number of benzene rings is 2. The number of ether oxygens (including phenoxy) is 3. The molecule has 11 heteroatoms. The van der Waals surface area contributed by atoms with Crippen LogP contribution >= 0.6 is 0 Å². The maximum atomic E-state index is 13.0. The summed E-state index contributed by atoms with van der Waals surface area (Å²) in [5.41, 5.74) is -0.432. The van der Waals surface area contributed by atoms with Crippen LogP contribution in [-0.4, -0.2) is 78.0 Å². The zero-order chi connectivity index (χ0) is 24.2. The minimum absolute atomic E-state index is 0.0117. The average molecular weight is 469 g/mol. The second-order valence-corrected chi connectivity index (χ2v) is 7.73. The Morgan fingerprint density at radius 1 is 1.03 bits per heavy atom. The van der Waals surface area contributed by atoms with Crippen LogP contribution in [0.4, 0.5) is 5.69 Å². The minimum Gasteiger partial charge on any atom is -0.485 e. The molecule has 2 aliphatic rings. The molecule has 178 valence electrons. The number of nitro groups is 1. The van der Waals surface area contributed by atoms with Crippen LogP contribution in [-0.2, 0) is 9.53 Å². The zero-order valence-electron chi connectivity index (χ0n) is 18.5. The number of carbonyl (C=O) groups is 3. The average Bonchev–Trinajstić information content (AvgIpc) is 2.87. The summed E-state index contributed by atoms with van der Waals surface area (Å²) in [4.78, 5) is 51.7. The van der Waals surface area contributed by atoms with E-state index in [-0.39, 0.29) is 62.1 Å². The van der Waals surface area contributed by atoms with Gasteiger partial charge in [-0.25, -0.2) is 4.79 Å². The Kier molecular flexibility index (Phi) is 6.62. The highest BCUT2D eigenvalue weighted by atomic mass is 16.6. The van der Waals surface area contributed by atoms with E-state index < -0.39 is 22.9 Å². The molecule has 0 radical (unpaired) electrons. The number of carbonyl (C=O) groups excluding carboxylic acids is 3. The van der Waals surface area contributed by atoms with Crippen LogP contribution in [0.2, 0.25) is 0 Å². The molecule has 1 saturated heterocycles. The van der Waals surface area contributed by atoms with Crippen LogP contribution in [0.5, 0.6) is 11.5 Å². The minimum atomic E-state index is -0.777. The van der Waals surface area contributed by atoms with Gasteiger partial charge in [-0.05, 0) is 25.1 Å². The Labute approximate surface area is 194 Å². The van der Waals surface area contributed by atoms with E-state index in [0.29, 0.717) is 11.5 Å². The van der Waals surface area contributed by atoms with Crippen molar-refractivity contribution in [1.29, 1.82) is 0 Å². The molecule has 1 unspecified atom stereocenters. The van der Waals surface area contributed by atoms with Gasteiger partial charge in [0.25, 0.3) is 17.5 Å². The lowest BCUT2D eigenvalue weighted by molar-refractivity contribution is -0.384. The van der Waals surface area contributed by atoms with Gasteiger partial charge in [-0.1, -0.05) is 12.1 Å². The summed E-state index contributed by atoms with van der Waals surface area (Å²) in [5.74, 6) is -0.355. The Morgan fingerprint density at radius 2 is 1.68 bits per heavy atom. The van der Waals surface area contributed by atoms with Gasteiger partial charge >= 0.3 is 5.97 Å². The van der Waals surface area contributed by atoms with E-state index in [0.717, 1.165) is 12.1 Å². The molecule has 0 aromatic heterocycles. The van der Waals surface area contributed by atoms with Gasteiger partial charge in [0.1, 0.15) is 6.61 Å². The summed E-state index contributed by atoms with van der Waals surface area (Å²) >= 11 is 0. The normalized spacial score (nSPS) is 17.1. The smallest absolute Gasteiger partial charge is 0.338 e. The van der Waals surface area contributed by atoms with Crippen LogP contribution in [0.25, 0.3) is 0 Å². The highest BCUT2D eigenvalue weighted by Gasteiger charge is 2.34. The molecule has 1 fully saturated rings. The number of para-hydroxylation sites is 2. The molecule has 0 saturated carbocycles. The van der Waals surface area contributed by atoms with Crippen molar-refractivity contribution in [2.75, 3.05) is 39.4 Å². The Morgan fingerprint density at radius 3 is 2.35 bits per heavy atom. The van der Waals surface area contributed by atoms with Crippen molar-refractivity contribution in [3.8, 4) is 11.5 Å². The maximum Gasteiger partial charge on any atom is 0.338 e. The van der Waals surface area contributed by atoms with Crippen molar-refractivity contribution >= 4 is 23.5 Å². The molecular weight excluding hydrogens is 446 g/mol. The summed E-state index contributed by atoms with van der Waals surface area (Å²) < 4.78 is 16.3. The molecule has 0 bridgehead atoms. The number of non-ortho nitro benzene ring substituents is 1. The molecule has 0 N–H and O–H groups in total. The predicted octanol–water partition coefficient (Wildman–Crippen LogP) is 1.90. The van der Waals surface area contributed by atoms with Crippen molar-refractivity contribution in [1.82, 2.24) is 9.80 Å². The number of hydrogen-bond acceptors (Lipinski definition) is 8. The van der Waals surface area contributed by atoms with Crippen LogP contribution in [0.15, 0.2) is 42.5 Å². The molecule has 11 nitrogen and oxygen atoms in total. The summed E-state index contributed by atoms with van der Waals surface area (Å²) in [6, 6.07) is 10.6. The Balaban J connectivity index is 1.41. The number of fused-ring (bicyclic) bond motifs is 1. The number of esters is 1. The van der Waals surface area contributed by atoms with Crippen LogP contribution in [0.3, 0.4) is 0 Å². The van der Waals surface area contributed by atoms with Gasteiger partial charge in [-0.15, -0.1) is 0 Å². The quantitative estimate of drug-likeness (QED) is 0.369. The Hall–Kier alpha value is -4.15. The van der Waals surface area contributed by atoms with Crippen molar-refractivity contribution < 1.29 is 33.5 Å². The molecule has 2 aromatic carbocycles. The number of hydrogen-bond donors (Lipinski definition) is 0.